The minimum Gasteiger partial charge on any atom is -0.371 e. The molecule has 1 fully saturated rings. The number of amides is 1. The molecule has 2 N–H and O–H groups in total. The number of ether oxygens (including phenoxy) is 1. The van der Waals surface area contributed by atoms with Gasteiger partial charge in [-0.2, -0.15) is 0 Å². The lowest BCUT2D eigenvalue weighted by Gasteiger charge is -2.37. The van der Waals surface area contributed by atoms with E-state index >= 15 is 0 Å². The van der Waals surface area contributed by atoms with Crippen LogP contribution in [0.4, 0.5) is 0 Å². The van der Waals surface area contributed by atoms with Gasteiger partial charge in [-0.15, -0.1) is 0 Å². The van der Waals surface area contributed by atoms with Crippen molar-refractivity contribution in [1.82, 2.24) is 4.90 Å². The first-order valence-corrected chi connectivity index (χ1v) is 7.50. The Morgan fingerprint density at radius 2 is 1.73 bits per heavy atom. The molecule has 1 saturated heterocycles. The highest BCUT2D eigenvalue weighted by atomic mass is 16.5. The largest absolute Gasteiger partial charge is 0.371 e. The molecule has 1 aliphatic rings. The van der Waals surface area contributed by atoms with Crippen molar-refractivity contribution >= 4 is 5.91 Å². The van der Waals surface area contributed by atoms with Gasteiger partial charge >= 0.3 is 0 Å². The van der Waals surface area contributed by atoms with Gasteiger partial charge in [-0.05, 0) is 11.1 Å². The highest BCUT2D eigenvalue weighted by Crippen LogP contribution is 2.28. The van der Waals surface area contributed by atoms with Crippen molar-refractivity contribution in [2.75, 3.05) is 19.7 Å². The van der Waals surface area contributed by atoms with Gasteiger partial charge in [0.05, 0.1) is 12.7 Å². The molecule has 0 bridgehead atoms. The van der Waals surface area contributed by atoms with Gasteiger partial charge in [-0.1, -0.05) is 60.7 Å². The van der Waals surface area contributed by atoms with E-state index in [4.69, 9.17) is 10.5 Å². The average molecular weight is 296 g/mol. The van der Waals surface area contributed by atoms with E-state index in [0.717, 1.165) is 11.1 Å². The molecule has 0 spiro atoms. The fraction of sp³-hybridized carbons (Fsp3) is 0.278. The maximum absolute atomic E-state index is 12.0. The predicted molar refractivity (Wildman–Crippen MR) is 85.1 cm³/mol. The molecule has 2 aromatic carbocycles. The van der Waals surface area contributed by atoms with Crippen molar-refractivity contribution < 1.29 is 9.53 Å². The van der Waals surface area contributed by atoms with Gasteiger partial charge in [0.1, 0.15) is 6.04 Å². The Kier molecular flexibility index (Phi) is 4.51. The topological polar surface area (TPSA) is 55.6 Å². The van der Waals surface area contributed by atoms with Gasteiger partial charge in [0, 0.05) is 13.1 Å². The van der Waals surface area contributed by atoms with Crippen LogP contribution in [-0.2, 0) is 9.53 Å². The van der Waals surface area contributed by atoms with E-state index < -0.39 is 6.04 Å². The zero-order valence-corrected chi connectivity index (χ0v) is 12.4. The van der Waals surface area contributed by atoms with E-state index in [1.54, 1.807) is 0 Å². The van der Waals surface area contributed by atoms with E-state index in [-0.39, 0.29) is 12.0 Å². The summed E-state index contributed by atoms with van der Waals surface area (Å²) in [5.74, 6) is -0.320. The van der Waals surface area contributed by atoms with Crippen molar-refractivity contribution in [2.45, 2.75) is 12.1 Å². The van der Waals surface area contributed by atoms with E-state index in [2.05, 4.69) is 17.0 Å². The third kappa shape index (κ3) is 3.18. The highest BCUT2D eigenvalue weighted by Gasteiger charge is 2.31. The summed E-state index contributed by atoms with van der Waals surface area (Å²) in [5, 5.41) is 0. The van der Waals surface area contributed by atoms with Gasteiger partial charge in [0.15, 0.2) is 0 Å². The van der Waals surface area contributed by atoms with Crippen LogP contribution in [0, 0.1) is 0 Å². The zero-order valence-electron chi connectivity index (χ0n) is 12.4. The third-order valence-electron chi connectivity index (χ3n) is 4.02. The fourth-order valence-electron chi connectivity index (χ4n) is 2.96. The van der Waals surface area contributed by atoms with Gasteiger partial charge in [0.25, 0.3) is 0 Å². The minimum atomic E-state index is -0.406. The third-order valence-corrected chi connectivity index (χ3v) is 4.02. The molecular formula is C18H20N2O2. The standard InChI is InChI=1S/C18H20N2O2/c19-18(21)17(15-9-5-2-6-10-15)20-11-12-22-16(13-20)14-7-3-1-4-8-14/h1-10,16-17H,11-13H2,(H2,19,21). The second-order valence-corrected chi connectivity index (χ2v) is 5.48. The number of carbonyl (C=O) groups excluding carboxylic acids is 1. The normalized spacial score (nSPS) is 20.5. The molecule has 4 heteroatoms. The molecule has 1 aliphatic heterocycles. The molecule has 0 aliphatic carbocycles. The number of nitrogens with two attached hydrogens (primary N) is 1. The summed E-state index contributed by atoms with van der Waals surface area (Å²) in [5.41, 5.74) is 7.72. The van der Waals surface area contributed by atoms with Crippen LogP contribution in [0.2, 0.25) is 0 Å². The lowest BCUT2D eigenvalue weighted by Crippen LogP contribution is -2.45. The summed E-state index contributed by atoms with van der Waals surface area (Å²) in [6.45, 7) is 1.95. The number of primary amides is 1. The predicted octanol–water partition coefficient (Wildman–Crippen LogP) is 2.29. The maximum Gasteiger partial charge on any atom is 0.239 e. The zero-order chi connectivity index (χ0) is 15.4. The van der Waals surface area contributed by atoms with Crippen LogP contribution < -0.4 is 5.73 Å². The van der Waals surface area contributed by atoms with Crippen molar-refractivity contribution in [2.24, 2.45) is 5.73 Å². The van der Waals surface area contributed by atoms with Crippen LogP contribution in [0.3, 0.4) is 0 Å². The Hall–Kier alpha value is -2.17. The molecule has 2 unspecified atom stereocenters. The number of morpholine rings is 1. The summed E-state index contributed by atoms with van der Waals surface area (Å²) in [7, 11) is 0. The van der Waals surface area contributed by atoms with Crippen LogP contribution in [0.5, 0.6) is 0 Å². The van der Waals surface area contributed by atoms with E-state index in [0.29, 0.717) is 19.7 Å². The van der Waals surface area contributed by atoms with Crippen LogP contribution in [0.25, 0.3) is 0 Å². The van der Waals surface area contributed by atoms with Crippen LogP contribution in [-0.4, -0.2) is 30.5 Å². The first kappa shape index (κ1) is 14.8. The molecule has 4 nitrogen and oxygen atoms in total. The monoisotopic (exact) mass is 296 g/mol. The minimum absolute atomic E-state index is 0.0273. The smallest absolute Gasteiger partial charge is 0.239 e. The number of rotatable bonds is 4. The highest BCUT2D eigenvalue weighted by molar-refractivity contribution is 5.81. The fourth-order valence-corrected chi connectivity index (χ4v) is 2.96. The number of benzene rings is 2. The summed E-state index contributed by atoms with van der Waals surface area (Å²) in [4.78, 5) is 14.1. The van der Waals surface area contributed by atoms with Crippen LogP contribution in [0.1, 0.15) is 23.3 Å². The van der Waals surface area contributed by atoms with Crippen molar-refractivity contribution in [3.63, 3.8) is 0 Å². The molecular weight excluding hydrogens is 276 g/mol. The second kappa shape index (κ2) is 6.73. The SMILES string of the molecule is NC(=O)C(c1ccccc1)N1CCOC(c2ccccc2)C1. The molecule has 22 heavy (non-hydrogen) atoms. The van der Waals surface area contributed by atoms with Crippen LogP contribution >= 0.6 is 0 Å². The lowest BCUT2D eigenvalue weighted by molar-refractivity contribution is -0.127. The number of hydrogen-bond donors (Lipinski definition) is 1. The lowest BCUT2D eigenvalue weighted by atomic mass is 10.0. The van der Waals surface area contributed by atoms with E-state index in [1.165, 1.54) is 0 Å². The summed E-state index contributed by atoms with van der Waals surface area (Å²) in [6.07, 6.45) is -0.0273. The number of carbonyl (C=O) groups is 1. The molecule has 0 aromatic heterocycles. The Morgan fingerprint density at radius 3 is 2.36 bits per heavy atom. The molecule has 1 heterocycles. The van der Waals surface area contributed by atoms with E-state index in [1.807, 2.05) is 48.5 Å². The Labute approximate surface area is 130 Å². The van der Waals surface area contributed by atoms with Gasteiger partial charge in [-0.25, -0.2) is 0 Å². The number of nitrogens with zero attached hydrogens (tertiary/aromatic N) is 1. The van der Waals surface area contributed by atoms with Gasteiger partial charge in [-0.3, -0.25) is 9.69 Å². The van der Waals surface area contributed by atoms with Crippen molar-refractivity contribution in [3.05, 3.63) is 71.8 Å². The average Bonchev–Trinajstić information content (AvgIpc) is 2.57. The summed E-state index contributed by atoms with van der Waals surface area (Å²) in [6, 6.07) is 19.4. The van der Waals surface area contributed by atoms with Crippen molar-refractivity contribution in [1.29, 1.82) is 0 Å². The Balaban J connectivity index is 1.82. The first-order valence-electron chi connectivity index (χ1n) is 7.50. The molecule has 1 amide bonds. The molecule has 0 radical (unpaired) electrons. The second-order valence-electron chi connectivity index (χ2n) is 5.48. The molecule has 2 atom stereocenters. The van der Waals surface area contributed by atoms with Crippen LogP contribution in [0.15, 0.2) is 60.7 Å². The Morgan fingerprint density at radius 1 is 1.09 bits per heavy atom. The molecule has 2 aromatic rings. The molecule has 3 rings (SSSR count). The van der Waals surface area contributed by atoms with Crippen molar-refractivity contribution in [3.8, 4) is 0 Å². The summed E-state index contributed by atoms with van der Waals surface area (Å²) >= 11 is 0. The quantitative estimate of drug-likeness (QED) is 0.942. The Bertz CT molecular complexity index is 615. The number of hydrogen-bond acceptors (Lipinski definition) is 3. The van der Waals surface area contributed by atoms with Gasteiger partial charge < -0.3 is 10.5 Å². The van der Waals surface area contributed by atoms with E-state index in [9.17, 15) is 4.79 Å². The first-order chi connectivity index (χ1) is 10.8. The maximum atomic E-state index is 12.0. The molecule has 0 saturated carbocycles. The molecule has 114 valence electrons. The summed E-state index contributed by atoms with van der Waals surface area (Å²) < 4.78 is 5.87. The van der Waals surface area contributed by atoms with Gasteiger partial charge in [0.2, 0.25) is 5.91 Å².